The van der Waals surface area contributed by atoms with Crippen molar-refractivity contribution in [3.8, 4) is 11.1 Å². The van der Waals surface area contributed by atoms with Crippen molar-refractivity contribution in [2.45, 2.75) is 6.42 Å². The van der Waals surface area contributed by atoms with Crippen LogP contribution in [0.4, 0.5) is 8.78 Å². The summed E-state index contributed by atoms with van der Waals surface area (Å²) in [5, 5.41) is 0. The fourth-order valence-corrected chi connectivity index (χ4v) is 2.35. The Hall–Kier alpha value is -0.887. The van der Waals surface area contributed by atoms with Gasteiger partial charge in [-0.1, -0.05) is 11.6 Å². The third-order valence-electron chi connectivity index (χ3n) is 3.28. The van der Waals surface area contributed by atoms with Gasteiger partial charge in [0.05, 0.1) is 0 Å². The third-order valence-corrected chi connectivity index (χ3v) is 3.28. The maximum atomic E-state index is 13.1. The van der Waals surface area contributed by atoms with Crippen molar-refractivity contribution in [2.24, 2.45) is 0 Å². The van der Waals surface area contributed by atoms with Crippen LogP contribution in [-0.2, 0) is 32.6 Å². The van der Waals surface area contributed by atoms with E-state index in [1.54, 1.807) is 6.07 Å². The van der Waals surface area contributed by atoms with Gasteiger partial charge in [-0.05, 0) is 24.1 Å². The second-order valence-corrected chi connectivity index (χ2v) is 4.65. The number of fused-ring (bicyclic) bond motifs is 3. The summed E-state index contributed by atoms with van der Waals surface area (Å²) < 4.78 is 26.1. The normalized spacial score (nSPS) is 9.83. The molecule has 23 heavy (non-hydrogen) atoms. The summed E-state index contributed by atoms with van der Waals surface area (Å²) >= 11 is 0. The molecule has 3 aromatic carbocycles. The maximum absolute atomic E-state index is 13.1. The van der Waals surface area contributed by atoms with Gasteiger partial charge in [0.15, 0.2) is 0 Å². The van der Waals surface area contributed by atoms with E-state index in [-0.39, 0.29) is 62.7 Å². The van der Waals surface area contributed by atoms with Crippen LogP contribution in [-0.4, -0.2) is 0 Å². The second-order valence-electron chi connectivity index (χ2n) is 4.65. The Balaban J connectivity index is 0.000000529. The molecule has 1 aliphatic carbocycles. The van der Waals surface area contributed by atoms with Crippen molar-refractivity contribution < 1.29 is 59.8 Å². The fourth-order valence-electron chi connectivity index (χ4n) is 2.35. The number of hydrogen-bond donors (Lipinski definition) is 0. The van der Waals surface area contributed by atoms with E-state index in [4.69, 9.17) is 0 Å². The largest absolute Gasteiger partial charge is 4.00 e. The molecule has 0 aliphatic heterocycles. The summed E-state index contributed by atoms with van der Waals surface area (Å²) in [6, 6.07) is 20.3. The van der Waals surface area contributed by atoms with Crippen LogP contribution in [0.2, 0.25) is 0 Å². The summed E-state index contributed by atoms with van der Waals surface area (Å²) in [4.78, 5) is 0. The van der Waals surface area contributed by atoms with Gasteiger partial charge in [-0.25, -0.2) is 16.5 Å². The Bertz CT molecular complexity index is 661. The van der Waals surface area contributed by atoms with Crippen LogP contribution >= 0.6 is 0 Å². The van der Waals surface area contributed by atoms with Crippen molar-refractivity contribution in [3.05, 3.63) is 89.5 Å². The van der Waals surface area contributed by atoms with Crippen LogP contribution in [0.25, 0.3) is 11.1 Å². The molecule has 116 valence electrons. The van der Waals surface area contributed by atoms with Crippen molar-refractivity contribution in [1.29, 1.82) is 0 Å². The van der Waals surface area contributed by atoms with Crippen LogP contribution in [0.1, 0.15) is 11.1 Å². The summed E-state index contributed by atoms with van der Waals surface area (Å²) in [6.45, 7) is 0. The van der Waals surface area contributed by atoms with Gasteiger partial charge in [0.2, 0.25) is 0 Å². The molecule has 0 radical (unpaired) electrons. The smallest absolute Gasteiger partial charge is 1.00 e. The minimum atomic E-state index is -0.328. The Kier molecular flexibility index (Phi) is 9.69. The number of halogens is 4. The Labute approximate surface area is 166 Å². The van der Waals surface area contributed by atoms with Gasteiger partial charge in [0.25, 0.3) is 0 Å². The molecule has 0 unspecified atom stereocenters. The number of rotatable bonds is 0. The molecule has 5 heteroatoms. The average molecular weight is 428 g/mol. The molecule has 0 fully saturated rings. The van der Waals surface area contributed by atoms with E-state index in [2.05, 4.69) is 6.07 Å². The minimum Gasteiger partial charge on any atom is -1.00 e. The third kappa shape index (κ3) is 5.31. The van der Waals surface area contributed by atoms with Crippen molar-refractivity contribution in [2.75, 3.05) is 0 Å². The van der Waals surface area contributed by atoms with E-state index in [0.717, 1.165) is 22.3 Å². The van der Waals surface area contributed by atoms with Crippen LogP contribution in [0.5, 0.6) is 0 Å². The zero-order chi connectivity index (χ0) is 13.9. The van der Waals surface area contributed by atoms with Crippen LogP contribution < -0.4 is 24.8 Å². The maximum Gasteiger partial charge on any atom is 4.00 e. The predicted octanol–water partition coefficient (Wildman–Crippen LogP) is -1.25. The van der Waals surface area contributed by atoms with E-state index >= 15 is 0 Å². The molecule has 3 aromatic rings. The van der Waals surface area contributed by atoms with Crippen LogP contribution in [0, 0.1) is 17.7 Å². The fraction of sp³-hybridized carbons (Fsp3) is 0.0556. The first-order valence-electron chi connectivity index (χ1n) is 6.39. The summed E-state index contributed by atoms with van der Waals surface area (Å²) in [5.41, 5.74) is 3.54. The molecular weight excluding hydrogens is 416 g/mol. The first kappa shape index (κ1) is 22.1. The zero-order valence-electron chi connectivity index (χ0n) is 12.0. The van der Waals surface area contributed by atoms with E-state index < -0.39 is 0 Å². The van der Waals surface area contributed by atoms with Crippen molar-refractivity contribution in [3.63, 3.8) is 0 Å². The molecule has 0 saturated heterocycles. The molecule has 0 aromatic heterocycles. The SMILES string of the molecule is Fc1c[c-]c2c(c1)-c1cc(F)ccc1C2.[Cl-].[Cl-].[Zr+4].c1cc[cH-]c1. The molecule has 0 N–H and O–H groups in total. The standard InChI is InChI=1S/C13H7F2.C5H5.2ClH.Zr/c14-10-3-1-8-5-9-2-4-11(15)7-13(9)12(8)6-10;1-2-4-5-3-1;;;/h1,3-4,6-7H,5H2;1-5H;2*1H;/q2*-1;;;+4/p-2. The molecule has 0 spiro atoms. The predicted molar refractivity (Wildman–Crippen MR) is 75.5 cm³/mol. The first-order valence-corrected chi connectivity index (χ1v) is 6.39. The van der Waals surface area contributed by atoms with Gasteiger partial charge in [-0.3, -0.25) is 4.39 Å². The second kappa shape index (κ2) is 10.1. The van der Waals surface area contributed by atoms with Crippen molar-refractivity contribution in [1.82, 2.24) is 0 Å². The van der Waals surface area contributed by atoms with Crippen molar-refractivity contribution >= 4 is 0 Å². The van der Waals surface area contributed by atoms with Gasteiger partial charge in [-0.15, -0.1) is 23.3 Å². The number of benzene rings is 2. The van der Waals surface area contributed by atoms with Crippen LogP contribution in [0.15, 0.2) is 60.7 Å². The molecule has 0 heterocycles. The molecule has 4 rings (SSSR count). The molecular formula is C18H12Cl2F2Zr. The molecule has 0 amide bonds. The van der Waals surface area contributed by atoms with Gasteiger partial charge in [-0.2, -0.15) is 24.3 Å². The summed E-state index contributed by atoms with van der Waals surface area (Å²) in [7, 11) is 0. The first-order chi connectivity index (χ1) is 9.74. The van der Waals surface area contributed by atoms with E-state index in [9.17, 15) is 8.78 Å². The monoisotopic (exact) mass is 426 g/mol. The van der Waals surface area contributed by atoms with Crippen LogP contribution in [0.3, 0.4) is 0 Å². The van der Waals surface area contributed by atoms with E-state index in [0.29, 0.717) is 6.42 Å². The Morgan fingerprint density at radius 2 is 1.57 bits per heavy atom. The zero-order valence-corrected chi connectivity index (χ0v) is 16.0. The number of hydrogen-bond acceptors (Lipinski definition) is 0. The molecule has 0 bridgehead atoms. The Morgan fingerprint density at radius 3 is 2.17 bits per heavy atom. The summed E-state index contributed by atoms with van der Waals surface area (Å²) in [6.07, 6.45) is 0.714. The van der Waals surface area contributed by atoms with Gasteiger partial charge in [0, 0.05) is 5.82 Å². The topological polar surface area (TPSA) is 0 Å². The van der Waals surface area contributed by atoms with Gasteiger partial charge >= 0.3 is 26.2 Å². The average Bonchev–Trinajstić information content (AvgIpc) is 3.10. The molecule has 0 atom stereocenters. The van der Waals surface area contributed by atoms with Gasteiger partial charge < -0.3 is 24.8 Å². The summed E-state index contributed by atoms with van der Waals surface area (Å²) in [5.74, 6) is -0.614. The molecule has 1 aliphatic rings. The Morgan fingerprint density at radius 1 is 0.913 bits per heavy atom. The van der Waals surface area contributed by atoms with E-state index in [1.165, 1.54) is 24.3 Å². The molecule has 0 nitrogen and oxygen atoms in total. The quantitative estimate of drug-likeness (QED) is 0.307. The molecule has 0 saturated carbocycles. The van der Waals surface area contributed by atoms with E-state index in [1.807, 2.05) is 30.3 Å². The minimum absolute atomic E-state index is 0. The van der Waals surface area contributed by atoms with Gasteiger partial charge in [0.1, 0.15) is 5.82 Å².